The van der Waals surface area contributed by atoms with Crippen molar-refractivity contribution in [3.63, 3.8) is 0 Å². The molecule has 0 unspecified atom stereocenters. The van der Waals surface area contributed by atoms with E-state index in [4.69, 9.17) is 0 Å². The largest absolute Gasteiger partial charge is 0.292 e. The summed E-state index contributed by atoms with van der Waals surface area (Å²) in [6, 6.07) is 15.7. The number of para-hydroxylation sites is 1. The number of benzene rings is 2. The van der Waals surface area contributed by atoms with Gasteiger partial charge in [0, 0.05) is 0 Å². The van der Waals surface area contributed by atoms with Gasteiger partial charge in [0.15, 0.2) is 0 Å². The molecular weight excluding hydrogens is 376 g/mol. The van der Waals surface area contributed by atoms with Crippen LogP contribution in [0.15, 0.2) is 64.3 Å². The minimum absolute atomic E-state index is 0.0135. The number of aryl methyl sites for hydroxylation is 3. The van der Waals surface area contributed by atoms with Gasteiger partial charge in [-0.05, 0) is 45.0 Å². The van der Waals surface area contributed by atoms with E-state index in [2.05, 4.69) is 10.2 Å². The van der Waals surface area contributed by atoms with E-state index in [9.17, 15) is 13.2 Å². The number of aromatic nitrogens is 4. The lowest BCUT2D eigenvalue weighted by molar-refractivity contribution is 0.575. The zero-order chi connectivity index (χ0) is 20.1. The van der Waals surface area contributed by atoms with Crippen molar-refractivity contribution in [3.05, 3.63) is 81.9 Å². The normalized spacial score (nSPS) is 11.8. The quantitative estimate of drug-likeness (QED) is 0.533. The highest BCUT2D eigenvalue weighted by atomic mass is 32.2. The monoisotopic (exact) mass is 394 g/mol. The first-order valence-corrected chi connectivity index (χ1v) is 10.1. The first-order chi connectivity index (χ1) is 13.3. The summed E-state index contributed by atoms with van der Waals surface area (Å²) in [6.45, 7) is 5.25. The van der Waals surface area contributed by atoms with Crippen LogP contribution in [0.3, 0.4) is 0 Å². The van der Waals surface area contributed by atoms with E-state index in [-0.39, 0.29) is 10.3 Å². The van der Waals surface area contributed by atoms with Crippen molar-refractivity contribution in [2.45, 2.75) is 25.7 Å². The molecule has 4 aromatic rings. The van der Waals surface area contributed by atoms with E-state index >= 15 is 0 Å². The lowest BCUT2D eigenvalue weighted by Gasteiger charge is -2.08. The van der Waals surface area contributed by atoms with Crippen LogP contribution in [-0.4, -0.2) is 27.4 Å². The minimum atomic E-state index is -4.12. The molecule has 0 aliphatic heterocycles. The Hall–Kier alpha value is -3.26. The van der Waals surface area contributed by atoms with Gasteiger partial charge in [0.05, 0.1) is 27.4 Å². The molecule has 2 aromatic carbocycles. The molecule has 0 bridgehead atoms. The van der Waals surface area contributed by atoms with Crippen molar-refractivity contribution in [3.8, 4) is 5.69 Å². The zero-order valence-electron chi connectivity index (χ0n) is 15.6. The van der Waals surface area contributed by atoms with E-state index in [0.29, 0.717) is 21.0 Å². The Balaban J connectivity index is 2.00. The highest BCUT2D eigenvalue weighted by Crippen LogP contribution is 2.21. The third kappa shape index (κ3) is 2.73. The molecule has 28 heavy (non-hydrogen) atoms. The third-order valence-electron chi connectivity index (χ3n) is 4.63. The maximum atomic E-state index is 13.1. The second-order valence-corrected chi connectivity index (χ2v) is 8.38. The Kier molecular flexibility index (Phi) is 4.15. The van der Waals surface area contributed by atoms with Gasteiger partial charge in [-0.1, -0.05) is 35.9 Å². The molecule has 0 aliphatic rings. The van der Waals surface area contributed by atoms with Crippen LogP contribution < -0.4 is 5.56 Å². The summed E-state index contributed by atoms with van der Waals surface area (Å²) >= 11 is 0. The van der Waals surface area contributed by atoms with Gasteiger partial charge in [-0.3, -0.25) is 4.79 Å². The molecule has 2 aromatic heterocycles. The predicted molar refractivity (Wildman–Crippen MR) is 106 cm³/mol. The fourth-order valence-corrected chi connectivity index (χ4v) is 4.35. The van der Waals surface area contributed by atoms with Crippen LogP contribution >= 0.6 is 0 Å². The van der Waals surface area contributed by atoms with Crippen molar-refractivity contribution in [2.75, 3.05) is 0 Å². The summed E-state index contributed by atoms with van der Waals surface area (Å²) in [5, 5.41) is 8.80. The molecule has 0 saturated carbocycles. The van der Waals surface area contributed by atoms with Gasteiger partial charge in [0.25, 0.3) is 15.6 Å². The maximum Gasteiger partial charge on any atom is 0.292 e. The summed E-state index contributed by atoms with van der Waals surface area (Å²) < 4.78 is 28.2. The molecule has 8 heteroatoms. The van der Waals surface area contributed by atoms with Crippen LogP contribution in [0.2, 0.25) is 0 Å². The minimum Gasteiger partial charge on any atom is -0.266 e. The number of fused-ring (bicyclic) bond motifs is 1. The number of nitrogens with zero attached hydrogens (tertiary/aromatic N) is 4. The first kappa shape index (κ1) is 18.1. The van der Waals surface area contributed by atoms with Gasteiger partial charge < -0.3 is 0 Å². The molecule has 0 amide bonds. The third-order valence-corrected chi connectivity index (χ3v) is 6.21. The topological polar surface area (TPSA) is 86.8 Å². The Bertz CT molecular complexity index is 1350. The van der Waals surface area contributed by atoms with Gasteiger partial charge in [-0.25, -0.2) is 4.68 Å². The lowest BCUT2D eigenvalue weighted by Crippen LogP contribution is -2.30. The average Bonchev–Trinajstić information content (AvgIpc) is 3.04. The van der Waals surface area contributed by atoms with Crippen LogP contribution in [0.5, 0.6) is 0 Å². The van der Waals surface area contributed by atoms with Gasteiger partial charge in [0.1, 0.15) is 5.52 Å². The number of rotatable bonds is 3. The van der Waals surface area contributed by atoms with Crippen LogP contribution in [0.4, 0.5) is 0 Å². The predicted octanol–water partition coefficient (Wildman–Crippen LogP) is 2.74. The van der Waals surface area contributed by atoms with E-state index < -0.39 is 15.6 Å². The second kappa shape index (κ2) is 6.42. The fourth-order valence-electron chi connectivity index (χ4n) is 3.13. The van der Waals surface area contributed by atoms with E-state index in [1.807, 2.05) is 37.3 Å². The molecule has 0 aliphatic carbocycles. The Morgan fingerprint density at radius 1 is 0.857 bits per heavy atom. The highest BCUT2D eigenvalue weighted by molar-refractivity contribution is 7.89. The van der Waals surface area contributed by atoms with Crippen LogP contribution in [-0.2, 0) is 10.0 Å². The summed E-state index contributed by atoms with van der Waals surface area (Å²) in [6.07, 6.45) is 0. The van der Waals surface area contributed by atoms with Crippen molar-refractivity contribution in [2.24, 2.45) is 0 Å². The van der Waals surface area contributed by atoms with Gasteiger partial charge >= 0.3 is 0 Å². The van der Waals surface area contributed by atoms with E-state index in [1.54, 1.807) is 30.7 Å². The Morgan fingerprint density at radius 2 is 1.50 bits per heavy atom. The first-order valence-electron chi connectivity index (χ1n) is 8.67. The summed E-state index contributed by atoms with van der Waals surface area (Å²) in [7, 11) is -4.12. The van der Waals surface area contributed by atoms with E-state index in [1.165, 1.54) is 12.1 Å². The SMILES string of the molecule is Cc1ccc(S(=O)(=O)n2nc(C)c3nn(-c4ccccc4)c(C)c3c2=O)cc1. The van der Waals surface area contributed by atoms with Crippen molar-refractivity contribution < 1.29 is 8.42 Å². The van der Waals surface area contributed by atoms with Crippen LogP contribution in [0.1, 0.15) is 17.0 Å². The smallest absolute Gasteiger partial charge is 0.266 e. The van der Waals surface area contributed by atoms with Gasteiger partial charge in [-0.15, -0.1) is 4.09 Å². The number of hydrogen-bond donors (Lipinski definition) is 0. The Labute approximate surface area is 161 Å². The summed E-state index contributed by atoms with van der Waals surface area (Å²) in [5.41, 5.74) is 2.31. The molecule has 0 fully saturated rings. The second-order valence-electron chi connectivity index (χ2n) is 6.61. The molecule has 0 saturated heterocycles. The summed E-state index contributed by atoms with van der Waals surface area (Å²) in [4.78, 5) is 13.1. The van der Waals surface area contributed by atoms with Crippen molar-refractivity contribution in [1.29, 1.82) is 0 Å². The summed E-state index contributed by atoms with van der Waals surface area (Å²) in [5.74, 6) is 0. The van der Waals surface area contributed by atoms with Gasteiger partial charge in [-0.2, -0.15) is 18.6 Å². The Morgan fingerprint density at radius 3 is 2.14 bits per heavy atom. The fraction of sp³-hybridized carbons (Fsp3) is 0.150. The zero-order valence-corrected chi connectivity index (χ0v) is 16.4. The van der Waals surface area contributed by atoms with Crippen LogP contribution in [0, 0.1) is 20.8 Å². The van der Waals surface area contributed by atoms with Crippen LogP contribution in [0.25, 0.3) is 16.6 Å². The lowest BCUT2D eigenvalue weighted by atomic mass is 10.2. The maximum absolute atomic E-state index is 13.1. The highest BCUT2D eigenvalue weighted by Gasteiger charge is 2.25. The molecule has 0 radical (unpaired) electrons. The molecule has 0 spiro atoms. The number of hydrogen-bond acceptors (Lipinski definition) is 5. The molecule has 0 N–H and O–H groups in total. The standard InChI is InChI=1S/C20H18N4O3S/c1-13-9-11-17(12-10-13)28(26,27)24-20(25)18-15(3)23(16-7-5-4-6-8-16)22-19(18)14(2)21-24/h4-12H,1-3H3. The van der Waals surface area contributed by atoms with Crippen molar-refractivity contribution in [1.82, 2.24) is 19.0 Å². The van der Waals surface area contributed by atoms with E-state index in [0.717, 1.165) is 11.3 Å². The molecular formula is C20H18N4O3S. The molecule has 2 heterocycles. The molecule has 7 nitrogen and oxygen atoms in total. The molecule has 4 rings (SSSR count). The van der Waals surface area contributed by atoms with Gasteiger partial charge in [0.2, 0.25) is 0 Å². The molecule has 142 valence electrons. The molecule has 0 atom stereocenters. The average molecular weight is 394 g/mol. The van der Waals surface area contributed by atoms with Crippen molar-refractivity contribution >= 4 is 20.9 Å².